The quantitative estimate of drug-likeness (QED) is 0.211. The number of likely N-dealkylation sites (tertiary alicyclic amines) is 2. The molecule has 228 valence electrons. The monoisotopic (exact) mass is 614 g/mol. The molecule has 0 radical (unpaired) electrons. The lowest BCUT2D eigenvalue weighted by Crippen LogP contribution is -2.38. The van der Waals surface area contributed by atoms with Gasteiger partial charge in [-0.05, 0) is 86.4 Å². The van der Waals surface area contributed by atoms with Crippen molar-refractivity contribution in [2.75, 3.05) is 33.4 Å². The lowest BCUT2D eigenvalue weighted by Gasteiger charge is -2.23. The summed E-state index contributed by atoms with van der Waals surface area (Å²) in [7, 11) is 1.48. The highest BCUT2D eigenvalue weighted by Crippen LogP contribution is 2.42. The lowest BCUT2D eigenvalue weighted by atomic mass is 9.96. The molecule has 0 aliphatic carbocycles. The van der Waals surface area contributed by atoms with E-state index in [1.54, 1.807) is 36.4 Å². The predicted octanol–water partition coefficient (Wildman–Crippen LogP) is 5.56. The Labute approximate surface area is 259 Å². The van der Waals surface area contributed by atoms with Gasteiger partial charge in [0.2, 0.25) is 5.91 Å². The van der Waals surface area contributed by atoms with Crippen molar-refractivity contribution in [3.05, 3.63) is 77.4 Å². The maximum absolute atomic E-state index is 14.2. The van der Waals surface area contributed by atoms with E-state index >= 15 is 0 Å². The number of nitrogens with zero attached hydrogens (tertiary/aromatic N) is 2. The van der Waals surface area contributed by atoms with Gasteiger partial charge in [0.15, 0.2) is 5.78 Å². The molecule has 1 amide bonds. The average Bonchev–Trinajstić information content (AvgIpc) is 3.76. The molecule has 9 nitrogen and oxygen atoms in total. The second kappa shape index (κ2) is 12.7. The summed E-state index contributed by atoms with van der Waals surface area (Å²) in [4.78, 5) is 42.8. The highest BCUT2D eigenvalue weighted by molar-refractivity contribution is 7.22. The molecule has 44 heavy (non-hydrogen) atoms. The number of aliphatic carboxylic acids is 1. The molecule has 2 aliphatic heterocycles. The molecule has 2 saturated heterocycles. The van der Waals surface area contributed by atoms with Crippen LogP contribution in [0.3, 0.4) is 0 Å². The minimum Gasteiger partial charge on any atom is -0.508 e. The van der Waals surface area contributed by atoms with Crippen molar-refractivity contribution >= 4 is 39.1 Å². The van der Waals surface area contributed by atoms with Crippen molar-refractivity contribution in [3.63, 3.8) is 0 Å². The summed E-state index contributed by atoms with van der Waals surface area (Å²) in [5.41, 5.74) is 2.38. The number of aromatic hydroxyl groups is 1. The van der Waals surface area contributed by atoms with Gasteiger partial charge >= 0.3 is 5.97 Å². The predicted molar refractivity (Wildman–Crippen MR) is 168 cm³/mol. The Morgan fingerprint density at radius 3 is 2.52 bits per heavy atom. The van der Waals surface area contributed by atoms with E-state index in [2.05, 4.69) is 4.90 Å². The Bertz CT molecular complexity index is 1710. The summed E-state index contributed by atoms with van der Waals surface area (Å²) in [5, 5.41) is 20.4. The number of carboxylic acid groups (broad SMARTS) is 1. The van der Waals surface area contributed by atoms with Gasteiger partial charge < -0.3 is 24.6 Å². The number of carbonyl (C=O) groups is 3. The van der Waals surface area contributed by atoms with E-state index in [-0.39, 0.29) is 36.8 Å². The first-order valence-electron chi connectivity index (χ1n) is 14.8. The number of fused-ring (bicyclic) bond motifs is 1. The molecule has 2 N–H and O–H groups in total. The van der Waals surface area contributed by atoms with Crippen LogP contribution in [0.2, 0.25) is 0 Å². The number of ether oxygens (including phenoxy) is 2. The molecule has 3 aromatic carbocycles. The van der Waals surface area contributed by atoms with Crippen LogP contribution in [0.15, 0.2) is 60.7 Å². The van der Waals surface area contributed by atoms with Gasteiger partial charge in [-0.2, -0.15) is 0 Å². The summed E-state index contributed by atoms with van der Waals surface area (Å²) >= 11 is 1.43. The van der Waals surface area contributed by atoms with Crippen LogP contribution in [0.1, 0.15) is 47.2 Å². The Balaban J connectivity index is 1.28. The molecule has 6 rings (SSSR count). The fraction of sp³-hybridized carbons (Fsp3) is 0.324. The zero-order valence-corrected chi connectivity index (χ0v) is 25.3. The van der Waals surface area contributed by atoms with E-state index in [0.717, 1.165) is 45.9 Å². The Morgan fingerprint density at radius 1 is 1.02 bits per heavy atom. The lowest BCUT2D eigenvalue weighted by molar-refractivity contribution is -0.146. The molecule has 1 atom stereocenters. The molecular weight excluding hydrogens is 580 g/mol. The van der Waals surface area contributed by atoms with Crippen LogP contribution in [-0.4, -0.2) is 77.1 Å². The third-order valence-electron chi connectivity index (χ3n) is 8.40. The third-order valence-corrected chi connectivity index (χ3v) is 9.60. The fourth-order valence-corrected chi connectivity index (χ4v) is 7.29. The highest BCUT2D eigenvalue weighted by atomic mass is 32.1. The summed E-state index contributed by atoms with van der Waals surface area (Å²) in [6.07, 6.45) is 2.94. The number of thiophene rings is 1. The van der Waals surface area contributed by atoms with Crippen molar-refractivity contribution in [2.24, 2.45) is 0 Å². The van der Waals surface area contributed by atoms with Crippen LogP contribution >= 0.6 is 11.3 Å². The van der Waals surface area contributed by atoms with Gasteiger partial charge in [-0.1, -0.05) is 12.1 Å². The Hall–Kier alpha value is -4.41. The van der Waals surface area contributed by atoms with Crippen LogP contribution in [0.5, 0.6) is 17.2 Å². The average molecular weight is 615 g/mol. The van der Waals surface area contributed by atoms with Gasteiger partial charge in [0, 0.05) is 44.6 Å². The number of carbonyl (C=O) groups excluding carboxylic acids is 2. The van der Waals surface area contributed by atoms with Gasteiger partial charge in [0.05, 0.1) is 13.7 Å². The molecule has 0 spiro atoms. The first-order valence-corrected chi connectivity index (χ1v) is 15.6. The van der Waals surface area contributed by atoms with Crippen LogP contribution in [0.4, 0.5) is 0 Å². The van der Waals surface area contributed by atoms with Gasteiger partial charge in [0.1, 0.15) is 29.9 Å². The topological polar surface area (TPSA) is 117 Å². The zero-order valence-electron chi connectivity index (χ0n) is 24.5. The second-order valence-electron chi connectivity index (χ2n) is 11.2. The first-order chi connectivity index (χ1) is 21.3. The summed E-state index contributed by atoms with van der Waals surface area (Å²) in [5.74, 6) is -0.191. The van der Waals surface area contributed by atoms with Crippen LogP contribution in [0.25, 0.3) is 20.5 Å². The third kappa shape index (κ3) is 6.00. The maximum atomic E-state index is 14.2. The zero-order chi connectivity index (χ0) is 30.8. The number of carboxylic acids is 1. The van der Waals surface area contributed by atoms with E-state index in [0.29, 0.717) is 29.0 Å². The van der Waals surface area contributed by atoms with Crippen molar-refractivity contribution in [3.8, 4) is 27.7 Å². The van der Waals surface area contributed by atoms with E-state index in [4.69, 9.17) is 9.47 Å². The van der Waals surface area contributed by atoms with Gasteiger partial charge in [-0.25, -0.2) is 4.79 Å². The Morgan fingerprint density at radius 2 is 1.80 bits per heavy atom. The number of phenols is 1. The number of methoxy groups -OCH3 is 1. The van der Waals surface area contributed by atoms with Crippen LogP contribution in [0, 0.1) is 0 Å². The van der Waals surface area contributed by atoms with Crippen molar-refractivity contribution in [1.29, 1.82) is 0 Å². The number of ketones is 1. The summed E-state index contributed by atoms with van der Waals surface area (Å²) in [6.45, 7) is 3.84. The number of amides is 1. The number of phenolic OH excluding ortho intramolecular Hbond substituents is 1. The molecule has 0 bridgehead atoms. The van der Waals surface area contributed by atoms with Crippen molar-refractivity contribution in [1.82, 2.24) is 9.80 Å². The fourth-order valence-electron chi connectivity index (χ4n) is 6.05. The van der Waals surface area contributed by atoms with Gasteiger partial charge in [-0.3, -0.25) is 14.5 Å². The molecular formula is C34H34N2O7S. The second-order valence-corrected chi connectivity index (χ2v) is 12.2. The molecule has 2 fully saturated rings. The molecule has 4 aromatic rings. The SMILES string of the molecule is COc1cc(C(=O)c2c(-c3ccc(OCCN4CCCC4)cc3)sc3cc(O)ccc23)ccc1CN1C(=O)CCC1C(=O)O. The van der Waals surface area contributed by atoms with E-state index in [1.165, 1.54) is 36.2 Å². The molecule has 1 aromatic heterocycles. The minimum atomic E-state index is -1.04. The summed E-state index contributed by atoms with van der Waals surface area (Å²) < 4.78 is 12.4. The number of hydrogen-bond donors (Lipinski definition) is 2. The van der Waals surface area contributed by atoms with Crippen LogP contribution in [-0.2, 0) is 16.1 Å². The van der Waals surface area contributed by atoms with Gasteiger partial charge in [0.25, 0.3) is 0 Å². The van der Waals surface area contributed by atoms with E-state index in [9.17, 15) is 24.6 Å². The van der Waals surface area contributed by atoms with E-state index < -0.39 is 12.0 Å². The summed E-state index contributed by atoms with van der Waals surface area (Å²) in [6, 6.07) is 16.9. The minimum absolute atomic E-state index is 0.0752. The normalized spacial score (nSPS) is 17.0. The smallest absolute Gasteiger partial charge is 0.326 e. The molecule has 10 heteroatoms. The largest absolute Gasteiger partial charge is 0.508 e. The van der Waals surface area contributed by atoms with Crippen LogP contribution < -0.4 is 9.47 Å². The Kier molecular flexibility index (Phi) is 8.54. The molecule has 3 heterocycles. The first kappa shape index (κ1) is 29.7. The highest BCUT2D eigenvalue weighted by Gasteiger charge is 2.36. The van der Waals surface area contributed by atoms with Crippen molar-refractivity contribution < 1.29 is 34.1 Å². The molecule has 1 unspecified atom stereocenters. The standard InChI is InChI=1S/C34H34N2O7S/c1-42-28-18-22(4-5-23(28)20-36-27(34(40)41)12-13-30(36)38)32(39)31-26-11-8-24(37)19-29(26)44-33(31)21-6-9-25(10-7-21)43-17-16-35-14-2-3-15-35/h4-11,18-19,27,37H,2-3,12-17,20H2,1H3,(H,40,41). The maximum Gasteiger partial charge on any atom is 0.326 e. The van der Waals surface area contributed by atoms with Gasteiger partial charge in [-0.15, -0.1) is 11.3 Å². The number of benzene rings is 3. The molecule has 2 aliphatic rings. The molecule has 0 saturated carbocycles. The van der Waals surface area contributed by atoms with Crippen molar-refractivity contribution in [2.45, 2.75) is 38.3 Å². The number of rotatable bonds is 11. The number of hydrogen-bond acceptors (Lipinski definition) is 8. The van der Waals surface area contributed by atoms with E-state index in [1.807, 2.05) is 24.3 Å².